The van der Waals surface area contributed by atoms with Gasteiger partial charge in [-0.1, -0.05) is 23.8 Å². The van der Waals surface area contributed by atoms with Gasteiger partial charge in [-0.2, -0.15) is 0 Å². The molecule has 1 heterocycles. The molecule has 0 aliphatic carbocycles. The van der Waals surface area contributed by atoms with Crippen molar-refractivity contribution in [1.29, 1.82) is 0 Å². The Morgan fingerprint density at radius 1 is 1.39 bits per heavy atom. The molecular weight excluding hydrogens is 242 g/mol. The summed E-state index contributed by atoms with van der Waals surface area (Å²) < 4.78 is 0. The van der Waals surface area contributed by atoms with Crippen molar-refractivity contribution in [2.24, 2.45) is 0 Å². The number of thioether (sulfide) groups is 1. The number of hydrogen-bond donors (Lipinski definition) is 1. The van der Waals surface area contributed by atoms with Crippen molar-refractivity contribution < 1.29 is 4.79 Å². The zero-order valence-corrected chi connectivity index (χ0v) is 12.0. The first-order valence-electron chi connectivity index (χ1n) is 6.62. The highest BCUT2D eigenvalue weighted by Crippen LogP contribution is 2.23. The molecule has 0 spiro atoms. The number of rotatable bonds is 3. The van der Waals surface area contributed by atoms with Crippen LogP contribution in [0.5, 0.6) is 0 Å². The van der Waals surface area contributed by atoms with Gasteiger partial charge in [0.05, 0.1) is 11.8 Å². The Bertz CT molecular complexity index is 425. The summed E-state index contributed by atoms with van der Waals surface area (Å²) in [5, 5.41) is 3.46. The molecule has 98 valence electrons. The second-order valence-electron chi connectivity index (χ2n) is 5.03. The third-order valence-corrected chi connectivity index (χ3v) is 4.63. The largest absolute Gasteiger partial charge is 0.344 e. The number of aryl methyl sites for hydroxylation is 2. The van der Waals surface area contributed by atoms with Crippen molar-refractivity contribution >= 4 is 17.7 Å². The maximum atomic E-state index is 12.0. The third-order valence-electron chi connectivity index (χ3n) is 3.35. The van der Waals surface area contributed by atoms with Gasteiger partial charge >= 0.3 is 0 Å². The molecule has 1 aliphatic heterocycles. The molecule has 0 bridgehead atoms. The summed E-state index contributed by atoms with van der Waals surface area (Å²) in [6, 6.07) is 6.28. The lowest BCUT2D eigenvalue weighted by molar-refractivity contribution is -0.120. The summed E-state index contributed by atoms with van der Waals surface area (Å²) in [7, 11) is 0. The van der Waals surface area contributed by atoms with Crippen LogP contribution >= 0.6 is 11.8 Å². The monoisotopic (exact) mass is 263 g/mol. The number of benzene rings is 1. The molecule has 3 heteroatoms. The molecule has 1 saturated heterocycles. The summed E-state index contributed by atoms with van der Waals surface area (Å²) in [6.07, 6.45) is 4.14. The van der Waals surface area contributed by atoms with Gasteiger partial charge in [0.1, 0.15) is 0 Å². The molecule has 1 unspecified atom stereocenters. The van der Waals surface area contributed by atoms with Crippen LogP contribution in [-0.4, -0.2) is 17.0 Å². The molecule has 1 N–H and O–H groups in total. The predicted molar refractivity (Wildman–Crippen MR) is 77.9 cm³/mol. The van der Waals surface area contributed by atoms with Crippen molar-refractivity contribution in [3.63, 3.8) is 0 Å². The van der Waals surface area contributed by atoms with Gasteiger partial charge in [-0.15, -0.1) is 11.8 Å². The van der Waals surface area contributed by atoms with Crippen LogP contribution in [0.3, 0.4) is 0 Å². The van der Waals surface area contributed by atoms with E-state index >= 15 is 0 Å². The molecule has 2 rings (SSSR count). The molecule has 1 atom stereocenters. The minimum Gasteiger partial charge on any atom is -0.344 e. The van der Waals surface area contributed by atoms with Crippen molar-refractivity contribution in [1.82, 2.24) is 5.32 Å². The summed E-state index contributed by atoms with van der Waals surface area (Å²) in [6.45, 7) is 4.15. The van der Waals surface area contributed by atoms with Crippen LogP contribution in [0.15, 0.2) is 18.2 Å². The lowest BCUT2D eigenvalue weighted by Crippen LogP contribution is -2.35. The van der Waals surface area contributed by atoms with E-state index in [4.69, 9.17) is 0 Å². The molecular formula is C15H21NOS. The average Bonchev–Trinajstić information content (AvgIpc) is 2.34. The zero-order chi connectivity index (χ0) is 13.0. The second kappa shape index (κ2) is 6.28. The lowest BCUT2D eigenvalue weighted by Gasteiger charge is -2.22. The molecule has 0 radical (unpaired) electrons. The number of amides is 1. The minimum absolute atomic E-state index is 0.154. The lowest BCUT2D eigenvalue weighted by atomic mass is 10.0. The van der Waals surface area contributed by atoms with Crippen molar-refractivity contribution in [3.8, 4) is 0 Å². The Labute approximate surface area is 114 Å². The van der Waals surface area contributed by atoms with Gasteiger partial charge in [0.25, 0.3) is 0 Å². The topological polar surface area (TPSA) is 29.1 Å². The van der Waals surface area contributed by atoms with Crippen molar-refractivity contribution in [2.75, 3.05) is 5.75 Å². The molecule has 1 fully saturated rings. The highest BCUT2D eigenvalue weighted by molar-refractivity contribution is 7.99. The first-order chi connectivity index (χ1) is 8.65. The SMILES string of the molecule is Cc1ccc(CC(=O)NC2CCCCS2)c(C)c1. The minimum atomic E-state index is 0.154. The molecule has 0 aromatic heterocycles. The van der Waals surface area contributed by atoms with E-state index < -0.39 is 0 Å². The second-order valence-corrected chi connectivity index (χ2v) is 6.34. The standard InChI is InChI=1S/C15H21NOS/c1-11-6-7-13(12(2)9-11)10-14(17)16-15-5-3-4-8-18-15/h6-7,9,15H,3-5,8,10H2,1-2H3,(H,16,17). The molecule has 2 nitrogen and oxygen atoms in total. The van der Waals surface area contributed by atoms with Crippen LogP contribution < -0.4 is 5.32 Å². The van der Waals surface area contributed by atoms with E-state index in [0.717, 1.165) is 12.0 Å². The average molecular weight is 263 g/mol. The van der Waals surface area contributed by atoms with Gasteiger partial charge in [0.2, 0.25) is 5.91 Å². The van der Waals surface area contributed by atoms with Crippen molar-refractivity contribution in [3.05, 3.63) is 34.9 Å². The van der Waals surface area contributed by atoms with Gasteiger partial charge in [-0.05, 0) is 50.0 Å². The van der Waals surface area contributed by atoms with E-state index in [-0.39, 0.29) is 5.91 Å². The van der Waals surface area contributed by atoms with Crippen LogP contribution in [0.25, 0.3) is 0 Å². The molecule has 1 aromatic rings. The van der Waals surface area contributed by atoms with Crippen LogP contribution in [-0.2, 0) is 11.2 Å². The van der Waals surface area contributed by atoms with Gasteiger partial charge in [0, 0.05) is 0 Å². The van der Waals surface area contributed by atoms with Gasteiger partial charge in [-0.25, -0.2) is 0 Å². The Hall–Kier alpha value is -0.960. The van der Waals surface area contributed by atoms with E-state index in [0.29, 0.717) is 11.8 Å². The van der Waals surface area contributed by atoms with E-state index in [1.165, 1.54) is 29.7 Å². The van der Waals surface area contributed by atoms with E-state index in [9.17, 15) is 4.79 Å². The van der Waals surface area contributed by atoms with E-state index in [1.807, 2.05) is 11.8 Å². The number of nitrogens with one attached hydrogen (secondary N) is 1. The molecule has 1 aromatic carbocycles. The summed E-state index contributed by atoms with van der Waals surface area (Å²) >= 11 is 1.88. The highest BCUT2D eigenvalue weighted by Gasteiger charge is 2.16. The maximum Gasteiger partial charge on any atom is 0.225 e. The summed E-state index contributed by atoms with van der Waals surface area (Å²) in [5.41, 5.74) is 3.60. The molecule has 1 aliphatic rings. The van der Waals surface area contributed by atoms with Crippen molar-refractivity contribution in [2.45, 2.75) is 44.9 Å². The molecule has 0 saturated carbocycles. The smallest absolute Gasteiger partial charge is 0.225 e. The molecule has 18 heavy (non-hydrogen) atoms. The van der Waals surface area contributed by atoms with Crippen LogP contribution in [0.1, 0.15) is 36.0 Å². The van der Waals surface area contributed by atoms with Crippen LogP contribution in [0, 0.1) is 13.8 Å². The number of carbonyl (C=O) groups excluding carboxylic acids is 1. The normalized spacial score (nSPS) is 19.6. The van der Waals surface area contributed by atoms with Crippen LogP contribution in [0.2, 0.25) is 0 Å². The van der Waals surface area contributed by atoms with E-state index in [2.05, 4.69) is 37.4 Å². The Kier molecular flexibility index (Phi) is 4.70. The van der Waals surface area contributed by atoms with Gasteiger partial charge in [0.15, 0.2) is 0 Å². The van der Waals surface area contributed by atoms with Gasteiger partial charge in [-0.3, -0.25) is 4.79 Å². The quantitative estimate of drug-likeness (QED) is 0.907. The van der Waals surface area contributed by atoms with Crippen LogP contribution in [0.4, 0.5) is 0 Å². The summed E-state index contributed by atoms with van der Waals surface area (Å²) in [5.74, 6) is 1.33. The first kappa shape index (κ1) is 13.5. The van der Waals surface area contributed by atoms with Gasteiger partial charge < -0.3 is 5.32 Å². The fourth-order valence-electron chi connectivity index (χ4n) is 2.30. The zero-order valence-electron chi connectivity index (χ0n) is 11.2. The Balaban J connectivity index is 1.90. The fourth-order valence-corrected chi connectivity index (χ4v) is 3.51. The molecule has 1 amide bonds. The Morgan fingerprint density at radius 2 is 2.22 bits per heavy atom. The van der Waals surface area contributed by atoms with E-state index in [1.54, 1.807) is 0 Å². The predicted octanol–water partition coefficient (Wildman–Crippen LogP) is 3.21. The number of carbonyl (C=O) groups is 1. The fraction of sp³-hybridized carbons (Fsp3) is 0.533. The summed E-state index contributed by atoms with van der Waals surface area (Å²) in [4.78, 5) is 12.0. The first-order valence-corrected chi connectivity index (χ1v) is 7.67. The highest BCUT2D eigenvalue weighted by atomic mass is 32.2. The Morgan fingerprint density at radius 3 is 2.89 bits per heavy atom. The maximum absolute atomic E-state index is 12.0. The third kappa shape index (κ3) is 3.77. The number of hydrogen-bond acceptors (Lipinski definition) is 2.